The van der Waals surface area contributed by atoms with E-state index in [1.165, 1.54) is 5.56 Å². The SMILES string of the molecule is CCOC(=O)N1CCC(NC(=O)C2CC2C(=O)Nc2ccc(CC)cc2)CC1. The number of piperidine rings is 1. The summed E-state index contributed by atoms with van der Waals surface area (Å²) in [5.74, 6) is -0.666. The minimum absolute atomic E-state index is 0.0454. The second-order valence-corrected chi connectivity index (χ2v) is 7.46. The summed E-state index contributed by atoms with van der Waals surface area (Å²) in [6, 6.07) is 7.82. The zero-order valence-corrected chi connectivity index (χ0v) is 16.6. The molecule has 1 aliphatic carbocycles. The van der Waals surface area contributed by atoms with Crippen LogP contribution in [-0.4, -0.2) is 48.5 Å². The number of carbonyl (C=O) groups is 3. The van der Waals surface area contributed by atoms with Crippen LogP contribution in [0.2, 0.25) is 0 Å². The Hall–Kier alpha value is -2.57. The Morgan fingerprint density at radius 3 is 2.29 bits per heavy atom. The number of hydrogen-bond donors (Lipinski definition) is 2. The Labute approximate surface area is 165 Å². The van der Waals surface area contributed by atoms with Gasteiger partial charge in [-0.3, -0.25) is 9.59 Å². The highest BCUT2D eigenvalue weighted by atomic mass is 16.6. The van der Waals surface area contributed by atoms with E-state index in [0.29, 0.717) is 39.0 Å². The topological polar surface area (TPSA) is 87.7 Å². The van der Waals surface area contributed by atoms with Crippen molar-refractivity contribution in [2.24, 2.45) is 11.8 Å². The van der Waals surface area contributed by atoms with Crippen LogP contribution in [0.5, 0.6) is 0 Å². The van der Waals surface area contributed by atoms with Crippen LogP contribution >= 0.6 is 0 Å². The van der Waals surface area contributed by atoms with Crippen molar-refractivity contribution in [3.8, 4) is 0 Å². The molecule has 1 saturated heterocycles. The lowest BCUT2D eigenvalue weighted by Gasteiger charge is -2.31. The van der Waals surface area contributed by atoms with Gasteiger partial charge in [-0.2, -0.15) is 0 Å². The average Bonchev–Trinajstić information content (AvgIpc) is 3.50. The molecule has 7 heteroatoms. The van der Waals surface area contributed by atoms with E-state index in [9.17, 15) is 14.4 Å². The van der Waals surface area contributed by atoms with E-state index in [1.807, 2.05) is 24.3 Å². The average molecular weight is 387 g/mol. The highest BCUT2D eigenvalue weighted by molar-refractivity contribution is 5.99. The maximum atomic E-state index is 12.4. The molecule has 2 N–H and O–H groups in total. The molecule has 1 saturated carbocycles. The van der Waals surface area contributed by atoms with Crippen LogP contribution in [-0.2, 0) is 20.7 Å². The molecule has 0 radical (unpaired) electrons. The predicted molar refractivity (Wildman–Crippen MR) is 106 cm³/mol. The first kappa shape index (κ1) is 20.2. The molecule has 2 fully saturated rings. The van der Waals surface area contributed by atoms with E-state index in [-0.39, 0.29) is 35.8 Å². The molecule has 1 aromatic rings. The summed E-state index contributed by atoms with van der Waals surface area (Å²) in [5, 5.41) is 5.94. The molecule has 7 nitrogen and oxygen atoms in total. The van der Waals surface area contributed by atoms with E-state index < -0.39 is 0 Å². The monoisotopic (exact) mass is 387 g/mol. The van der Waals surface area contributed by atoms with E-state index in [1.54, 1.807) is 11.8 Å². The minimum atomic E-state index is -0.293. The van der Waals surface area contributed by atoms with Crippen molar-refractivity contribution in [3.05, 3.63) is 29.8 Å². The number of rotatable bonds is 6. The summed E-state index contributed by atoms with van der Waals surface area (Å²) in [6.07, 6.45) is 2.66. The highest BCUT2D eigenvalue weighted by Crippen LogP contribution is 2.39. The Morgan fingerprint density at radius 2 is 1.68 bits per heavy atom. The van der Waals surface area contributed by atoms with Gasteiger partial charge in [0.1, 0.15) is 0 Å². The minimum Gasteiger partial charge on any atom is -0.450 e. The third-order valence-electron chi connectivity index (χ3n) is 5.46. The van der Waals surface area contributed by atoms with Crippen molar-refractivity contribution in [2.45, 2.75) is 45.6 Å². The number of nitrogens with zero attached hydrogens (tertiary/aromatic N) is 1. The molecule has 1 heterocycles. The van der Waals surface area contributed by atoms with E-state index in [4.69, 9.17) is 4.74 Å². The molecule has 2 aliphatic rings. The summed E-state index contributed by atoms with van der Waals surface area (Å²) in [6.45, 7) is 5.39. The Kier molecular flexibility index (Phi) is 6.54. The van der Waals surface area contributed by atoms with Gasteiger partial charge in [0.25, 0.3) is 0 Å². The fraction of sp³-hybridized carbons (Fsp3) is 0.571. The number of aryl methyl sites for hydroxylation is 1. The molecule has 1 aliphatic heterocycles. The maximum Gasteiger partial charge on any atom is 0.409 e. The van der Waals surface area contributed by atoms with Gasteiger partial charge in [-0.25, -0.2) is 4.79 Å². The van der Waals surface area contributed by atoms with Crippen molar-refractivity contribution < 1.29 is 19.1 Å². The van der Waals surface area contributed by atoms with E-state index >= 15 is 0 Å². The van der Waals surface area contributed by atoms with Gasteiger partial charge in [-0.05, 0) is 50.3 Å². The fourth-order valence-electron chi connectivity index (χ4n) is 3.56. The number of likely N-dealkylation sites (tertiary alicyclic amines) is 1. The third-order valence-corrected chi connectivity index (χ3v) is 5.46. The number of ether oxygens (including phenoxy) is 1. The molecule has 1 aromatic carbocycles. The smallest absolute Gasteiger partial charge is 0.409 e. The molecule has 152 valence electrons. The number of nitrogens with one attached hydrogen (secondary N) is 2. The molecule has 0 spiro atoms. The number of hydrogen-bond acceptors (Lipinski definition) is 4. The van der Waals surface area contributed by atoms with Gasteiger partial charge < -0.3 is 20.3 Å². The normalized spacial score (nSPS) is 21.7. The largest absolute Gasteiger partial charge is 0.450 e. The Bertz CT molecular complexity index is 711. The van der Waals surface area contributed by atoms with Crippen LogP contribution in [0.15, 0.2) is 24.3 Å². The first-order valence-corrected chi connectivity index (χ1v) is 10.1. The van der Waals surface area contributed by atoms with Crippen LogP contribution in [0.25, 0.3) is 0 Å². The zero-order chi connectivity index (χ0) is 20.1. The van der Waals surface area contributed by atoms with Crippen molar-refractivity contribution in [1.29, 1.82) is 0 Å². The Morgan fingerprint density at radius 1 is 1.04 bits per heavy atom. The lowest BCUT2D eigenvalue weighted by atomic mass is 10.1. The van der Waals surface area contributed by atoms with Crippen LogP contribution in [0.4, 0.5) is 10.5 Å². The van der Waals surface area contributed by atoms with Crippen LogP contribution in [0.1, 0.15) is 38.7 Å². The summed E-state index contributed by atoms with van der Waals surface area (Å²) in [7, 11) is 0. The molecular weight excluding hydrogens is 358 g/mol. The van der Waals surface area contributed by atoms with Gasteiger partial charge in [0.05, 0.1) is 18.4 Å². The van der Waals surface area contributed by atoms with Crippen molar-refractivity contribution in [3.63, 3.8) is 0 Å². The second kappa shape index (κ2) is 9.08. The molecule has 28 heavy (non-hydrogen) atoms. The van der Waals surface area contributed by atoms with Gasteiger partial charge in [-0.15, -0.1) is 0 Å². The molecule has 2 atom stereocenters. The van der Waals surface area contributed by atoms with Crippen LogP contribution in [0.3, 0.4) is 0 Å². The molecule has 2 unspecified atom stereocenters. The zero-order valence-electron chi connectivity index (χ0n) is 16.6. The van der Waals surface area contributed by atoms with Crippen LogP contribution in [0, 0.1) is 11.8 Å². The summed E-state index contributed by atoms with van der Waals surface area (Å²) >= 11 is 0. The van der Waals surface area contributed by atoms with Gasteiger partial charge in [-0.1, -0.05) is 19.1 Å². The first-order valence-electron chi connectivity index (χ1n) is 10.1. The number of benzene rings is 1. The van der Waals surface area contributed by atoms with Gasteiger partial charge in [0.15, 0.2) is 0 Å². The maximum absolute atomic E-state index is 12.4. The summed E-state index contributed by atoms with van der Waals surface area (Å²) in [4.78, 5) is 38.2. The summed E-state index contributed by atoms with van der Waals surface area (Å²) in [5.41, 5.74) is 1.98. The lowest BCUT2D eigenvalue weighted by molar-refractivity contribution is -0.126. The molecule has 0 aromatic heterocycles. The van der Waals surface area contributed by atoms with Crippen molar-refractivity contribution in [1.82, 2.24) is 10.2 Å². The quantitative estimate of drug-likeness (QED) is 0.785. The fourth-order valence-corrected chi connectivity index (χ4v) is 3.56. The molecule has 3 rings (SSSR count). The molecule has 3 amide bonds. The number of carbonyl (C=O) groups excluding carboxylic acids is 3. The molecular formula is C21H29N3O4. The van der Waals surface area contributed by atoms with Gasteiger partial charge in [0, 0.05) is 24.8 Å². The van der Waals surface area contributed by atoms with E-state index in [0.717, 1.165) is 12.1 Å². The number of amides is 3. The van der Waals surface area contributed by atoms with Crippen molar-refractivity contribution in [2.75, 3.05) is 25.0 Å². The van der Waals surface area contributed by atoms with Crippen molar-refractivity contribution >= 4 is 23.6 Å². The standard InChI is InChI=1S/C21H29N3O4/c1-3-14-5-7-15(8-6-14)22-19(25)17-13-18(17)20(26)23-16-9-11-24(12-10-16)21(27)28-4-2/h5-8,16-18H,3-4,9-13H2,1-2H3,(H,22,25)(H,23,26). The lowest BCUT2D eigenvalue weighted by Crippen LogP contribution is -2.47. The second-order valence-electron chi connectivity index (χ2n) is 7.46. The number of anilines is 1. The predicted octanol–water partition coefficient (Wildman–Crippen LogP) is 2.56. The highest BCUT2D eigenvalue weighted by Gasteiger charge is 2.48. The first-order chi connectivity index (χ1) is 13.5. The van der Waals surface area contributed by atoms with Gasteiger partial charge in [0.2, 0.25) is 11.8 Å². The van der Waals surface area contributed by atoms with Gasteiger partial charge >= 0.3 is 6.09 Å². The third kappa shape index (κ3) is 5.03. The van der Waals surface area contributed by atoms with E-state index in [2.05, 4.69) is 17.6 Å². The van der Waals surface area contributed by atoms with Crippen LogP contribution < -0.4 is 10.6 Å². The Balaban J connectivity index is 1.40. The molecule has 0 bridgehead atoms. The summed E-state index contributed by atoms with van der Waals surface area (Å²) < 4.78 is 5.00.